The third-order valence-electron chi connectivity index (χ3n) is 5.48. The summed E-state index contributed by atoms with van der Waals surface area (Å²) in [7, 11) is 0. The maximum Gasteiger partial charge on any atom is 0.240 e. The van der Waals surface area contributed by atoms with Crippen molar-refractivity contribution in [2.75, 3.05) is 13.2 Å². The molecule has 31 heavy (non-hydrogen) atoms. The summed E-state index contributed by atoms with van der Waals surface area (Å²) in [5.41, 5.74) is 2.41. The minimum atomic E-state index is -0.133. The average Bonchev–Trinajstić information content (AvgIpc) is 3.05. The van der Waals surface area contributed by atoms with Crippen LogP contribution in [0, 0.1) is 0 Å². The number of carbonyl (C=O) groups excluding carboxylic acids is 1. The molecule has 4 aromatic rings. The Kier molecular flexibility index (Phi) is 5.04. The molecule has 6 heteroatoms. The van der Waals surface area contributed by atoms with Crippen molar-refractivity contribution in [1.29, 1.82) is 0 Å². The van der Waals surface area contributed by atoms with E-state index in [-0.39, 0.29) is 17.9 Å². The standard InChI is InChI=1S/C25H22N2O4/c28-24(26-15-17-10-11-22-23(14-17)31-13-5-12-30-22)16-27-20-8-3-1-6-18(20)25(29)19-7-2-4-9-21(19)27/h1-4,6-11,14H,5,12-13,15-16H2,(H,26,28). The summed E-state index contributed by atoms with van der Waals surface area (Å²) in [6.07, 6.45) is 0.849. The van der Waals surface area contributed by atoms with E-state index in [9.17, 15) is 9.59 Å². The van der Waals surface area contributed by atoms with E-state index in [2.05, 4.69) is 5.32 Å². The molecule has 0 aliphatic carbocycles. The van der Waals surface area contributed by atoms with Crippen LogP contribution in [-0.4, -0.2) is 23.7 Å². The number of fused-ring (bicyclic) bond motifs is 3. The molecule has 3 aromatic carbocycles. The molecule has 5 rings (SSSR count). The number of benzene rings is 3. The van der Waals surface area contributed by atoms with Crippen molar-refractivity contribution in [2.45, 2.75) is 19.5 Å². The fourth-order valence-electron chi connectivity index (χ4n) is 3.97. The molecular formula is C25H22N2O4. The highest BCUT2D eigenvalue weighted by Crippen LogP contribution is 2.30. The van der Waals surface area contributed by atoms with Gasteiger partial charge in [-0.15, -0.1) is 0 Å². The zero-order valence-electron chi connectivity index (χ0n) is 17.0. The van der Waals surface area contributed by atoms with Crippen molar-refractivity contribution in [2.24, 2.45) is 0 Å². The van der Waals surface area contributed by atoms with Crippen LogP contribution in [-0.2, 0) is 17.9 Å². The lowest BCUT2D eigenvalue weighted by molar-refractivity contribution is -0.121. The Morgan fingerprint density at radius 1 is 0.871 bits per heavy atom. The van der Waals surface area contributed by atoms with Crippen LogP contribution in [0.1, 0.15) is 12.0 Å². The SMILES string of the molecule is O=C(Cn1c2ccccc2c(=O)c2ccccc21)NCc1ccc2c(c1)OCCCO2. The van der Waals surface area contributed by atoms with Gasteiger partial charge in [-0.05, 0) is 42.0 Å². The fraction of sp³-hybridized carbons (Fsp3) is 0.200. The predicted molar refractivity (Wildman–Crippen MR) is 120 cm³/mol. The Labute approximate surface area is 179 Å². The minimum absolute atomic E-state index is 0.0185. The van der Waals surface area contributed by atoms with E-state index in [1.54, 1.807) is 12.1 Å². The van der Waals surface area contributed by atoms with Gasteiger partial charge in [0, 0.05) is 23.7 Å². The van der Waals surface area contributed by atoms with E-state index >= 15 is 0 Å². The molecule has 0 fully saturated rings. The molecule has 1 aromatic heterocycles. The average molecular weight is 414 g/mol. The Bertz CT molecular complexity index is 1280. The molecule has 1 aliphatic heterocycles. The first kappa shape index (κ1) is 19.2. The fourth-order valence-corrected chi connectivity index (χ4v) is 3.97. The molecule has 0 saturated carbocycles. The van der Waals surface area contributed by atoms with Gasteiger partial charge in [0.25, 0.3) is 0 Å². The van der Waals surface area contributed by atoms with Crippen molar-refractivity contribution in [3.63, 3.8) is 0 Å². The van der Waals surface area contributed by atoms with Crippen molar-refractivity contribution >= 4 is 27.7 Å². The van der Waals surface area contributed by atoms with Gasteiger partial charge < -0.3 is 19.4 Å². The number of amides is 1. The summed E-state index contributed by atoms with van der Waals surface area (Å²) in [5, 5.41) is 4.20. The number of ether oxygens (including phenoxy) is 2. The molecule has 0 spiro atoms. The summed E-state index contributed by atoms with van der Waals surface area (Å²) in [6.45, 7) is 1.76. The summed E-state index contributed by atoms with van der Waals surface area (Å²) in [6, 6.07) is 20.5. The lowest BCUT2D eigenvalue weighted by Crippen LogP contribution is -2.28. The monoisotopic (exact) mass is 414 g/mol. The molecule has 0 radical (unpaired) electrons. The van der Waals surface area contributed by atoms with Gasteiger partial charge in [-0.1, -0.05) is 30.3 Å². The van der Waals surface area contributed by atoms with Crippen LogP contribution in [0.3, 0.4) is 0 Å². The third-order valence-corrected chi connectivity index (χ3v) is 5.48. The van der Waals surface area contributed by atoms with E-state index in [1.807, 2.05) is 59.2 Å². The molecule has 1 amide bonds. The quantitative estimate of drug-likeness (QED) is 0.518. The highest BCUT2D eigenvalue weighted by atomic mass is 16.5. The number of pyridine rings is 1. The second-order valence-electron chi connectivity index (χ2n) is 7.56. The van der Waals surface area contributed by atoms with Crippen LogP contribution in [0.15, 0.2) is 71.5 Å². The molecular weight excluding hydrogens is 392 g/mol. The van der Waals surface area contributed by atoms with E-state index in [1.165, 1.54) is 0 Å². The molecule has 0 atom stereocenters. The van der Waals surface area contributed by atoms with Gasteiger partial charge in [0.05, 0.1) is 24.2 Å². The van der Waals surface area contributed by atoms with E-state index < -0.39 is 0 Å². The zero-order valence-corrected chi connectivity index (χ0v) is 17.0. The number of nitrogens with one attached hydrogen (secondary N) is 1. The largest absolute Gasteiger partial charge is 0.490 e. The summed E-state index contributed by atoms with van der Waals surface area (Å²) in [4.78, 5) is 25.7. The minimum Gasteiger partial charge on any atom is -0.490 e. The van der Waals surface area contributed by atoms with Gasteiger partial charge in [-0.25, -0.2) is 0 Å². The van der Waals surface area contributed by atoms with Gasteiger partial charge in [0.15, 0.2) is 16.9 Å². The van der Waals surface area contributed by atoms with E-state index in [0.717, 1.165) is 28.8 Å². The number of aromatic nitrogens is 1. The summed E-state index contributed by atoms with van der Waals surface area (Å²) >= 11 is 0. The molecule has 1 aliphatic rings. The number of hydrogen-bond donors (Lipinski definition) is 1. The number of rotatable bonds is 4. The van der Waals surface area contributed by atoms with Crippen LogP contribution < -0.4 is 20.2 Å². The molecule has 0 saturated heterocycles. The number of carbonyl (C=O) groups is 1. The Morgan fingerprint density at radius 3 is 2.23 bits per heavy atom. The number of nitrogens with zero attached hydrogens (tertiary/aromatic N) is 1. The smallest absolute Gasteiger partial charge is 0.240 e. The second-order valence-corrected chi connectivity index (χ2v) is 7.56. The van der Waals surface area contributed by atoms with Gasteiger partial charge >= 0.3 is 0 Å². The van der Waals surface area contributed by atoms with Crippen LogP contribution >= 0.6 is 0 Å². The van der Waals surface area contributed by atoms with Crippen molar-refractivity contribution in [3.05, 3.63) is 82.5 Å². The Morgan fingerprint density at radius 2 is 1.52 bits per heavy atom. The maximum atomic E-state index is 12.8. The topological polar surface area (TPSA) is 69.6 Å². The van der Waals surface area contributed by atoms with E-state index in [4.69, 9.17) is 9.47 Å². The molecule has 2 heterocycles. The number of para-hydroxylation sites is 2. The lowest BCUT2D eigenvalue weighted by atomic mass is 10.1. The van der Waals surface area contributed by atoms with Gasteiger partial charge in [0.2, 0.25) is 5.91 Å². The Hall–Kier alpha value is -3.80. The van der Waals surface area contributed by atoms with Gasteiger partial charge in [-0.3, -0.25) is 9.59 Å². The highest BCUT2D eigenvalue weighted by molar-refractivity contribution is 5.94. The van der Waals surface area contributed by atoms with Crippen LogP contribution in [0.2, 0.25) is 0 Å². The molecule has 156 valence electrons. The van der Waals surface area contributed by atoms with Gasteiger partial charge in [0.1, 0.15) is 6.54 Å². The van der Waals surface area contributed by atoms with Crippen molar-refractivity contribution in [1.82, 2.24) is 9.88 Å². The molecule has 0 bridgehead atoms. The molecule has 0 unspecified atom stereocenters. The zero-order chi connectivity index (χ0) is 21.2. The second kappa shape index (κ2) is 8.14. The summed E-state index contributed by atoms with van der Waals surface area (Å²) < 4.78 is 13.3. The third kappa shape index (κ3) is 3.72. The van der Waals surface area contributed by atoms with Gasteiger partial charge in [-0.2, -0.15) is 0 Å². The molecule has 6 nitrogen and oxygen atoms in total. The first-order chi connectivity index (χ1) is 15.2. The van der Waals surface area contributed by atoms with Crippen LogP contribution in [0.25, 0.3) is 21.8 Å². The first-order valence-corrected chi connectivity index (χ1v) is 10.4. The van der Waals surface area contributed by atoms with Crippen LogP contribution in [0.4, 0.5) is 0 Å². The highest BCUT2D eigenvalue weighted by Gasteiger charge is 2.14. The normalized spacial score (nSPS) is 13.2. The Balaban J connectivity index is 1.40. The lowest BCUT2D eigenvalue weighted by Gasteiger charge is -2.15. The maximum absolute atomic E-state index is 12.8. The van der Waals surface area contributed by atoms with E-state index in [0.29, 0.717) is 36.3 Å². The molecule has 1 N–H and O–H groups in total. The van der Waals surface area contributed by atoms with Crippen molar-refractivity contribution < 1.29 is 14.3 Å². The number of hydrogen-bond acceptors (Lipinski definition) is 4. The first-order valence-electron chi connectivity index (χ1n) is 10.4. The van der Waals surface area contributed by atoms with Crippen LogP contribution in [0.5, 0.6) is 11.5 Å². The predicted octanol–water partition coefficient (Wildman–Crippen LogP) is 3.63. The summed E-state index contributed by atoms with van der Waals surface area (Å²) in [5.74, 6) is 1.31. The van der Waals surface area contributed by atoms with Crippen molar-refractivity contribution in [3.8, 4) is 11.5 Å².